The maximum absolute atomic E-state index is 10.2. The van der Waals surface area contributed by atoms with Crippen LogP contribution in [0.3, 0.4) is 0 Å². The molecule has 5 heteroatoms. The quantitative estimate of drug-likeness (QED) is 0.530. The molecule has 2 N–H and O–H groups in total. The fraction of sp³-hybridized carbons (Fsp3) is 0.625. The zero-order chi connectivity index (χ0) is 10.1. The highest BCUT2D eigenvalue weighted by molar-refractivity contribution is 5.79. The van der Waals surface area contributed by atoms with E-state index in [1.165, 1.54) is 6.20 Å². The molecule has 5 nitrogen and oxygen atoms in total. The predicted octanol–water partition coefficient (Wildman–Crippen LogP) is -0.475. The molecule has 0 aliphatic heterocycles. The van der Waals surface area contributed by atoms with Crippen molar-refractivity contribution >= 4 is 5.97 Å². The van der Waals surface area contributed by atoms with Crippen LogP contribution in [0.2, 0.25) is 0 Å². The van der Waals surface area contributed by atoms with Crippen molar-refractivity contribution < 1.29 is 19.7 Å². The van der Waals surface area contributed by atoms with Crippen molar-refractivity contribution in [3.8, 4) is 0 Å². The van der Waals surface area contributed by atoms with Crippen LogP contribution in [0.1, 0.15) is 0 Å². The lowest BCUT2D eigenvalue weighted by atomic mass is 10.5. The molecule has 0 radical (unpaired) electrons. The third-order valence-corrected chi connectivity index (χ3v) is 1.40. The molecule has 0 aromatic heterocycles. The second kappa shape index (κ2) is 7.57. The Morgan fingerprint density at radius 3 is 2.69 bits per heavy atom. The Labute approximate surface area is 77.2 Å². The van der Waals surface area contributed by atoms with Crippen LogP contribution in [0.15, 0.2) is 12.3 Å². The fourth-order valence-electron chi connectivity index (χ4n) is 0.767. The summed E-state index contributed by atoms with van der Waals surface area (Å²) in [6.45, 7) is 1.48. The van der Waals surface area contributed by atoms with E-state index in [1.54, 1.807) is 12.0 Å². The van der Waals surface area contributed by atoms with Crippen molar-refractivity contribution in [1.82, 2.24) is 4.90 Å². The van der Waals surface area contributed by atoms with Crippen LogP contribution < -0.4 is 0 Å². The number of carboxylic acids is 1. The highest BCUT2D eigenvalue weighted by atomic mass is 16.5. The molecule has 0 rings (SSSR count). The molecular formula is C8H15NO4. The molecule has 13 heavy (non-hydrogen) atoms. The summed E-state index contributed by atoms with van der Waals surface area (Å²) >= 11 is 0. The van der Waals surface area contributed by atoms with Crippen LogP contribution in [0, 0.1) is 0 Å². The maximum atomic E-state index is 10.2. The number of carboxylic acid groups (broad SMARTS) is 1. The largest absolute Gasteiger partial charge is 0.478 e. The molecule has 0 bridgehead atoms. The summed E-state index contributed by atoms with van der Waals surface area (Å²) < 4.78 is 4.82. The predicted molar refractivity (Wildman–Crippen MR) is 47.3 cm³/mol. The molecule has 0 saturated heterocycles. The number of aliphatic hydroxyl groups excluding tert-OH is 1. The number of hydrogen-bond acceptors (Lipinski definition) is 4. The van der Waals surface area contributed by atoms with Gasteiger partial charge in [0.25, 0.3) is 0 Å². The number of carbonyl (C=O) groups is 1. The first kappa shape index (κ1) is 11.9. The smallest absolute Gasteiger partial charge is 0.329 e. The van der Waals surface area contributed by atoms with Gasteiger partial charge in [-0.2, -0.15) is 0 Å². The molecule has 0 amide bonds. The fourth-order valence-corrected chi connectivity index (χ4v) is 0.767. The summed E-state index contributed by atoms with van der Waals surface area (Å²) in [5.74, 6) is -1.000. The second-order valence-electron chi connectivity index (χ2n) is 2.41. The van der Waals surface area contributed by atoms with Crippen LogP contribution in [0.5, 0.6) is 0 Å². The van der Waals surface area contributed by atoms with Gasteiger partial charge in [-0.1, -0.05) is 0 Å². The van der Waals surface area contributed by atoms with Gasteiger partial charge in [-0.3, -0.25) is 0 Å². The van der Waals surface area contributed by atoms with E-state index in [4.69, 9.17) is 14.9 Å². The molecule has 0 aliphatic rings. The summed E-state index contributed by atoms with van der Waals surface area (Å²) in [6.07, 6.45) is 2.46. The molecule has 0 aromatic rings. The number of methoxy groups -OCH3 is 1. The van der Waals surface area contributed by atoms with Crippen LogP contribution in [-0.2, 0) is 9.53 Å². The van der Waals surface area contributed by atoms with E-state index < -0.39 is 5.97 Å². The second-order valence-corrected chi connectivity index (χ2v) is 2.41. The van der Waals surface area contributed by atoms with Crippen LogP contribution >= 0.6 is 0 Å². The number of aliphatic hydroxyl groups is 1. The van der Waals surface area contributed by atoms with Gasteiger partial charge in [-0.15, -0.1) is 0 Å². The van der Waals surface area contributed by atoms with Crippen LogP contribution in [0.25, 0.3) is 0 Å². The lowest BCUT2D eigenvalue weighted by Gasteiger charge is -2.17. The van der Waals surface area contributed by atoms with Crippen LogP contribution in [0.4, 0.5) is 0 Å². The lowest BCUT2D eigenvalue weighted by Crippen LogP contribution is -2.25. The summed E-state index contributed by atoms with van der Waals surface area (Å²) in [5.41, 5.74) is 0. The zero-order valence-electron chi connectivity index (χ0n) is 7.64. The van der Waals surface area contributed by atoms with Crippen molar-refractivity contribution in [1.29, 1.82) is 0 Å². The number of hydrogen-bond donors (Lipinski definition) is 2. The minimum atomic E-state index is -1.000. The minimum absolute atomic E-state index is 0.00628. The van der Waals surface area contributed by atoms with E-state index in [9.17, 15) is 4.79 Å². The van der Waals surface area contributed by atoms with Crippen molar-refractivity contribution in [3.63, 3.8) is 0 Å². The Morgan fingerprint density at radius 1 is 1.54 bits per heavy atom. The summed E-state index contributed by atoms with van der Waals surface area (Å²) in [6, 6.07) is 0. The molecule has 0 aromatic carbocycles. The van der Waals surface area contributed by atoms with Gasteiger partial charge in [-0.25, -0.2) is 4.79 Å². The maximum Gasteiger partial charge on any atom is 0.329 e. The Balaban J connectivity index is 3.85. The lowest BCUT2D eigenvalue weighted by molar-refractivity contribution is -0.131. The standard InChI is InChI=1S/C8H15NO4/c1-13-7-5-9(4-6-10)3-2-8(11)12/h2-3,10H,4-7H2,1H3,(H,11,12)/b3-2+. The highest BCUT2D eigenvalue weighted by Gasteiger charge is 1.97. The first-order valence-electron chi connectivity index (χ1n) is 3.95. The summed E-state index contributed by atoms with van der Waals surface area (Å²) in [7, 11) is 1.57. The third-order valence-electron chi connectivity index (χ3n) is 1.40. The number of rotatable bonds is 7. The number of aliphatic carboxylic acids is 1. The van der Waals surface area contributed by atoms with Gasteiger partial charge in [0.15, 0.2) is 0 Å². The number of nitrogens with zero attached hydrogens (tertiary/aromatic N) is 1. The average Bonchev–Trinajstić information content (AvgIpc) is 2.09. The topological polar surface area (TPSA) is 70.0 Å². The summed E-state index contributed by atoms with van der Waals surface area (Å²) in [4.78, 5) is 11.9. The van der Waals surface area contributed by atoms with Gasteiger partial charge in [0.1, 0.15) is 0 Å². The van der Waals surface area contributed by atoms with E-state index in [2.05, 4.69) is 0 Å². The van der Waals surface area contributed by atoms with Crippen molar-refractivity contribution in [2.24, 2.45) is 0 Å². The molecule has 0 spiro atoms. The third kappa shape index (κ3) is 7.30. The van der Waals surface area contributed by atoms with E-state index >= 15 is 0 Å². The van der Waals surface area contributed by atoms with Gasteiger partial charge < -0.3 is 19.8 Å². The van der Waals surface area contributed by atoms with E-state index in [-0.39, 0.29) is 6.61 Å². The molecule has 0 aliphatic carbocycles. The average molecular weight is 189 g/mol. The van der Waals surface area contributed by atoms with E-state index in [0.29, 0.717) is 19.7 Å². The van der Waals surface area contributed by atoms with E-state index in [0.717, 1.165) is 6.08 Å². The molecule has 0 saturated carbocycles. The zero-order valence-corrected chi connectivity index (χ0v) is 7.64. The summed E-state index contributed by atoms with van der Waals surface area (Å²) in [5, 5.41) is 17.0. The molecule has 0 heterocycles. The Bertz CT molecular complexity index is 170. The Kier molecular flexibility index (Phi) is 6.95. The van der Waals surface area contributed by atoms with Gasteiger partial charge >= 0.3 is 5.97 Å². The molecule has 0 atom stereocenters. The van der Waals surface area contributed by atoms with Gasteiger partial charge in [0.2, 0.25) is 0 Å². The normalized spacial score (nSPS) is 10.6. The van der Waals surface area contributed by atoms with Gasteiger partial charge in [-0.05, 0) is 0 Å². The molecular weight excluding hydrogens is 174 g/mol. The molecule has 76 valence electrons. The SMILES string of the molecule is COCCN(/C=C/C(=O)O)CCO. The first-order chi connectivity index (χ1) is 6.20. The van der Waals surface area contributed by atoms with Crippen LogP contribution in [-0.4, -0.2) is 54.5 Å². The molecule has 0 fully saturated rings. The van der Waals surface area contributed by atoms with E-state index in [1.807, 2.05) is 0 Å². The van der Waals surface area contributed by atoms with Crippen molar-refractivity contribution in [3.05, 3.63) is 12.3 Å². The van der Waals surface area contributed by atoms with Crippen molar-refractivity contribution in [2.45, 2.75) is 0 Å². The highest BCUT2D eigenvalue weighted by Crippen LogP contribution is 1.89. The number of ether oxygens (including phenoxy) is 1. The minimum Gasteiger partial charge on any atom is -0.478 e. The van der Waals surface area contributed by atoms with Gasteiger partial charge in [0, 0.05) is 32.5 Å². The Morgan fingerprint density at radius 2 is 2.23 bits per heavy atom. The van der Waals surface area contributed by atoms with Crippen molar-refractivity contribution in [2.75, 3.05) is 33.4 Å². The Hall–Kier alpha value is -1.07. The molecule has 0 unspecified atom stereocenters. The van der Waals surface area contributed by atoms with Gasteiger partial charge in [0.05, 0.1) is 13.2 Å². The first-order valence-corrected chi connectivity index (χ1v) is 3.95. The monoisotopic (exact) mass is 189 g/mol.